The lowest BCUT2D eigenvalue weighted by Gasteiger charge is -2.21. The van der Waals surface area contributed by atoms with Crippen LogP contribution in [0.5, 0.6) is 0 Å². The van der Waals surface area contributed by atoms with Crippen molar-refractivity contribution in [2.24, 2.45) is 0 Å². The van der Waals surface area contributed by atoms with Gasteiger partial charge in [0.25, 0.3) is 0 Å². The quantitative estimate of drug-likeness (QED) is 0.432. The van der Waals surface area contributed by atoms with Crippen LogP contribution >= 0.6 is 11.8 Å². The predicted octanol–water partition coefficient (Wildman–Crippen LogP) is 5.00. The molecule has 1 aromatic carbocycles. The van der Waals surface area contributed by atoms with Crippen molar-refractivity contribution in [1.29, 1.82) is 0 Å². The lowest BCUT2D eigenvalue weighted by atomic mass is 10.2. The molecule has 0 fully saturated rings. The molecule has 0 bridgehead atoms. The lowest BCUT2D eigenvalue weighted by Crippen LogP contribution is -2.21. The number of nitrogens with zero attached hydrogens (tertiary/aromatic N) is 6. The second-order valence-corrected chi connectivity index (χ2v) is 8.14. The first-order valence-corrected chi connectivity index (χ1v) is 11.3. The molecule has 156 valence electrons. The first-order valence-electron chi connectivity index (χ1n) is 10.4. The third-order valence-corrected chi connectivity index (χ3v) is 5.94. The van der Waals surface area contributed by atoms with Gasteiger partial charge < -0.3 is 14.0 Å². The highest BCUT2D eigenvalue weighted by Crippen LogP contribution is 2.35. The van der Waals surface area contributed by atoms with E-state index in [0.717, 1.165) is 54.8 Å². The first kappa shape index (κ1) is 21.4. The molecule has 0 spiro atoms. The molecule has 0 radical (unpaired) electrons. The summed E-state index contributed by atoms with van der Waals surface area (Å²) in [5.41, 5.74) is 2.29. The fourth-order valence-corrected chi connectivity index (χ4v) is 4.19. The maximum absolute atomic E-state index is 5.43. The molecule has 0 amide bonds. The van der Waals surface area contributed by atoms with Crippen molar-refractivity contribution in [3.8, 4) is 11.4 Å². The SMILES string of the molecule is CCCc1noc(C(C)Sc2nnc(-c3ccc(N(CC)CC)cc3)n2CC)n1. The van der Waals surface area contributed by atoms with E-state index in [1.165, 1.54) is 5.69 Å². The number of anilines is 1. The molecule has 3 rings (SSSR count). The van der Waals surface area contributed by atoms with Crippen molar-refractivity contribution in [2.75, 3.05) is 18.0 Å². The minimum Gasteiger partial charge on any atom is -0.372 e. The van der Waals surface area contributed by atoms with Crippen LogP contribution in [0.4, 0.5) is 5.69 Å². The van der Waals surface area contributed by atoms with Gasteiger partial charge >= 0.3 is 0 Å². The van der Waals surface area contributed by atoms with Crippen LogP contribution in [-0.2, 0) is 13.0 Å². The Kier molecular flexibility index (Phi) is 7.30. The Hall–Kier alpha value is -2.35. The van der Waals surface area contributed by atoms with E-state index in [9.17, 15) is 0 Å². The molecule has 1 unspecified atom stereocenters. The van der Waals surface area contributed by atoms with Gasteiger partial charge in [-0.1, -0.05) is 23.8 Å². The van der Waals surface area contributed by atoms with Crippen molar-refractivity contribution in [1.82, 2.24) is 24.9 Å². The Balaban J connectivity index is 1.79. The van der Waals surface area contributed by atoms with Gasteiger partial charge in [0.2, 0.25) is 5.89 Å². The van der Waals surface area contributed by atoms with Crippen molar-refractivity contribution in [2.45, 2.75) is 64.4 Å². The maximum Gasteiger partial charge on any atom is 0.239 e. The third-order valence-electron chi connectivity index (χ3n) is 4.87. The van der Waals surface area contributed by atoms with E-state index in [4.69, 9.17) is 4.52 Å². The Bertz CT molecular complexity index is 900. The van der Waals surface area contributed by atoms with Gasteiger partial charge in [-0.05, 0) is 58.4 Å². The molecule has 0 N–H and O–H groups in total. The van der Waals surface area contributed by atoms with Gasteiger partial charge in [-0.3, -0.25) is 0 Å². The highest BCUT2D eigenvalue weighted by molar-refractivity contribution is 7.99. The van der Waals surface area contributed by atoms with Crippen LogP contribution in [0, 0.1) is 0 Å². The molecule has 0 saturated heterocycles. The summed E-state index contributed by atoms with van der Waals surface area (Å²) < 4.78 is 7.56. The van der Waals surface area contributed by atoms with Crippen molar-refractivity contribution in [3.05, 3.63) is 36.0 Å². The summed E-state index contributed by atoms with van der Waals surface area (Å²) in [6.07, 6.45) is 1.83. The molecule has 8 heteroatoms. The molecule has 1 atom stereocenters. The molecule has 0 aliphatic rings. The maximum atomic E-state index is 5.43. The molecular formula is C21H30N6OS. The van der Waals surface area contributed by atoms with Crippen LogP contribution < -0.4 is 4.90 Å². The van der Waals surface area contributed by atoms with E-state index in [0.29, 0.717) is 5.89 Å². The molecular weight excluding hydrogens is 384 g/mol. The average Bonchev–Trinajstić information content (AvgIpc) is 3.37. The van der Waals surface area contributed by atoms with Crippen LogP contribution in [0.15, 0.2) is 33.9 Å². The number of hydrogen-bond donors (Lipinski definition) is 0. The summed E-state index contributed by atoms with van der Waals surface area (Å²) in [5, 5.41) is 13.8. The number of benzene rings is 1. The highest BCUT2D eigenvalue weighted by atomic mass is 32.2. The standard InChI is InChI=1S/C21H30N6OS/c1-6-10-18-22-20(28-25-18)15(5)29-21-24-23-19(27(21)9-4)16-11-13-17(14-12-16)26(7-2)8-3/h11-15H,6-10H2,1-5H3. The molecule has 2 aromatic heterocycles. The Morgan fingerprint density at radius 1 is 1.07 bits per heavy atom. The zero-order valence-electron chi connectivity index (χ0n) is 17.9. The minimum atomic E-state index is 0.0144. The first-order chi connectivity index (χ1) is 14.1. The number of hydrogen-bond acceptors (Lipinski definition) is 7. The monoisotopic (exact) mass is 414 g/mol. The van der Waals surface area contributed by atoms with Gasteiger partial charge in [0.15, 0.2) is 16.8 Å². The highest BCUT2D eigenvalue weighted by Gasteiger charge is 2.20. The van der Waals surface area contributed by atoms with Crippen LogP contribution in [-0.4, -0.2) is 38.0 Å². The van der Waals surface area contributed by atoms with E-state index >= 15 is 0 Å². The number of rotatable bonds is 10. The molecule has 0 aliphatic heterocycles. The zero-order valence-corrected chi connectivity index (χ0v) is 18.7. The van der Waals surface area contributed by atoms with Crippen LogP contribution in [0.25, 0.3) is 11.4 Å². The number of aryl methyl sites for hydroxylation is 1. The Morgan fingerprint density at radius 3 is 2.41 bits per heavy atom. The van der Waals surface area contributed by atoms with E-state index in [1.54, 1.807) is 11.8 Å². The molecule has 2 heterocycles. The summed E-state index contributed by atoms with van der Waals surface area (Å²) in [6, 6.07) is 8.55. The van der Waals surface area contributed by atoms with Gasteiger partial charge in [0, 0.05) is 37.3 Å². The van der Waals surface area contributed by atoms with Gasteiger partial charge in [-0.15, -0.1) is 10.2 Å². The summed E-state index contributed by atoms with van der Waals surface area (Å²) in [4.78, 5) is 6.83. The van der Waals surface area contributed by atoms with Crippen molar-refractivity contribution in [3.63, 3.8) is 0 Å². The molecule has 3 aromatic rings. The summed E-state index contributed by atoms with van der Waals surface area (Å²) in [7, 11) is 0. The van der Waals surface area contributed by atoms with Crippen LogP contribution in [0.1, 0.15) is 58.0 Å². The summed E-state index contributed by atoms with van der Waals surface area (Å²) in [6.45, 7) is 13.4. The Morgan fingerprint density at radius 2 is 1.79 bits per heavy atom. The van der Waals surface area contributed by atoms with Crippen molar-refractivity contribution < 1.29 is 4.52 Å². The van der Waals surface area contributed by atoms with Crippen LogP contribution in [0.2, 0.25) is 0 Å². The predicted molar refractivity (Wildman–Crippen MR) is 117 cm³/mol. The molecule has 0 aliphatic carbocycles. The summed E-state index contributed by atoms with van der Waals surface area (Å²) in [5.74, 6) is 2.28. The molecule has 7 nitrogen and oxygen atoms in total. The normalized spacial score (nSPS) is 12.3. The van der Waals surface area contributed by atoms with E-state index in [2.05, 4.69) is 88.7 Å². The second-order valence-electron chi connectivity index (χ2n) is 6.83. The average molecular weight is 415 g/mol. The van der Waals surface area contributed by atoms with E-state index < -0.39 is 0 Å². The number of aromatic nitrogens is 5. The van der Waals surface area contributed by atoms with Gasteiger partial charge in [-0.25, -0.2) is 0 Å². The van der Waals surface area contributed by atoms with E-state index in [1.807, 2.05) is 0 Å². The Labute approximate surface area is 176 Å². The molecule has 0 saturated carbocycles. The minimum absolute atomic E-state index is 0.0144. The fraction of sp³-hybridized carbons (Fsp3) is 0.524. The zero-order chi connectivity index (χ0) is 20.8. The van der Waals surface area contributed by atoms with E-state index in [-0.39, 0.29) is 5.25 Å². The fourth-order valence-electron chi connectivity index (χ4n) is 3.25. The van der Waals surface area contributed by atoms with Gasteiger partial charge in [0.1, 0.15) is 0 Å². The lowest BCUT2D eigenvalue weighted by molar-refractivity contribution is 0.374. The van der Waals surface area contributed by atoms with Gasteiger partial charge in [-0.2, -0.15) is 4.98 Å². The topological polar surface area (TPSA) is 72.9 Å². The van der Waals surface area contributed by atoms with Crippen LogP contribution in [0.3, 0.4) is 0 Å². The largest absolute Gasteiger partial charge is 0.372 e. The number of thioether (sulfide) groups is 1. The summed E-state index contributed by atoms with van der Waals surface area (Å²) >= 11 is 1.59. The van der Waals surface area contributed by atoms with Crippen molar-refractivity contribution >= 4 is 17.4 Å². The second kappa shape index (κ2) is 9.91. The smallest absolute Gasteiger partial charge is 0.239 e. The molecule has 29 heavy (non-hydrogen) atoms. The van der Waals surface area contributed by atoms with Gasteiger partial charge in [0.05, 0.1) is 5.25 Å². The third kappa shape index (κ3) is 4.80.